The van der Waals surface area contributed by atoms with E-state index in [0.29, 0.717) is 24.4 Å². The van der Waals surface area contributed by atoms with Gasteiger partial charge in [-0.15, -0.1) is 0 Å². The predicted octanol–water partition coefficient (Wildman–Crippen LogP) is 0.635. The quantitative estimate of drug-likeness (QED) is 0.805. The minimum Gasteiger partial charge on any atom is -0.480 e. The Labute approximate surface area is 98.3 Å². The summed E-state index contributed by atoms with van der Waals surface area (Å²) in [6, 6.07) is -0.674. The van der Waals surface area contributed by atoms with Crippen LogP contribution < -0.4 is 10.9 Å². The molecular weight excluding hydrogens is 222 g/mol. The van der Waals surface area contributed by atoms with E-state index in [0.717, 1.165) is 0 Å². The number of rotatable bonds is 3. The molecule has 92 valence electrons. The molecule has 1 aliphatic rings. The number of aryl methyl sites for hydroxylation is 1. The van der Waals surface area contributed by atoms with Gasteiger partial charge in [0, 0.05) is 12.5 Å². The van der Waals surface area contributed by atoms with Crippen molar-refractivity contribution in [3.63, 3.8) is 0 Å². The topological polar surface area (TPSA) is 84.2 Å². The van der Waals surface area contributed by atoms with E-state index in [-0.39, 0.29) is 11.6 Å². The lowest BCUT2D eigenvalue weighted by Gasteiger charge is -2.13. The van der Waals surface area contributed by atoms with E-state index in [4.69, 9.17) is 5.11 Å². The lowest BCUT2D eigenvalue weighted by molar-refractivity contribution is -0.140. The number of hydrogen-bond donors (Lipinski definition) is 2. The summed E-state index contributed by atoms with van der Waals surface area (Å²) >= 11 is 0. The van der Waals surface area contributed by atoms with Gasteiger partial charge >= 0.3 is 5.97 Å². The minimum atomic E-state index is -0.977. The highest BCUT2D eigenvalue weighted by molar-refractivity contribution is 5.72. The molecule has 6 nitrogen and oxygen atoms in total. The first-order chi connectivity index (χ1) is 8.00. The van der Waals surface area contributed by atoms with E-state index >= 15 is 0 Å². The van der Waals surface area contributed by atoms with Crippen LogP contribution in [-0.4, -0.2) is 26.7 Å². The number of hydrogen-bond acceptors (Lipinski definition) is 4. The van der Waals surface area contributed by atoms with Gasteiger partial charge in [0.25, 0.3) is 5.56 Å². The molecular formula is C11H15N3O3. The van der Waals surface area contributed by atoms with Crippen molar-refractivity contribution in [3.8, 4) is 0 Å². The Kier molecular flexibility index (Phi) is 2.87. The van der Waals surface area contributed by atoms with E-state index in [1.165, 1.54) is 10.8 Å². The van der Waals surface area contributed by atoms with Crippen LogP contribution in [0.4, 0.5) is 5.69 Å². The molecule has 0 radical (unpaired) electrons. The van der Waals surface area contributed by atoms with Gasteiger partial charge in [-0.05, 0) is 20.3 Å². The molecule has 1 aliphatic heterocycles. The maximum Gasteiger partial charge on any atom is 0.326 e. The number of nitrogens with zero attached hydrogens (tertiary/aromatic N) is 2. The van der Waals surface area contributed by atoms with Crippen LogP contribution in [0, 0.1) is 0 Å². The van der Waals surface area contributed by atoms with Crippen LogP contribution in [0.5, 0.6) is 0 Å². The number of fused-ring (bicyclic) bond motifs is 1. The third-order valence-electron chi connectivity index (χ3n) is 2.75. The van der Waals surface area contributed by atoms with Crippen LogP contribution in [0.25, 0.3) is 0 Å². The van der Waals surface area contributed by atoms with Crippen LogP contribution in [0.2, 0.25) is 0 Å². The fourth-order valence-corrected chi connectivity index (χ4v) is 2.05. The molecule has 0 saturated heterocycles. The maximum absolute atomic E-state index is 12.1. The molecule has 0 saturated carbocycles. The van der Waals surface area contributed by atoms with Gasteiger partial charge < -0.3 is 10.4 Å². The van der Waals surface area contributed by atoms with Gasteiger partial charge in [0.15, 0.2) is 0 Å². The summed E-state index contributed by atoms with van der Waals surface area (Å²) in [5, 5.41) is 12.0. The highest BCUT2D eigenvalue weighted by atomic mass is 16.4. The highest BCUT2D eigenvalue weighted by Gasteiger charge is 2.30. The Morgan fingerprint density at radius 2 is 2.35 bits per heavy atom. The van der Waals surface area contributed by atoms with Crippen LogP contribution >= 0.6 is 0 Å². The molecule has 0 spiro atoms. The van der Waals surface area contributed by atoms with Crippen LogP contribution in [0.3, 0.4) is 0 Å². The zero-order chi connectivity index (χ0) is 12.6. The summed E-state index contributed by atoms with van der Waals surface area (Å²) in [4.78, 5) is 27.3. The highest BCUT2D eigenvalue weighted by Crippen LogP contribution is 2.22. The summed E-state index contributed by atoms with van der Waals surface area (Å²) in [6.45, 7) is 3.82. The molecule has 0 fully saturated rings. The average molecular weight is 237 g/mol. The summed E-state index contributed by atoms with van der Waals surface area (Å²) in [5.41, 5.74) is 0.0606. The van der Waals surface area contributed by atoms with Gasteiger partial charge in [0.2, 0.25) is 0 Å². The molecule has 17 heavy (non-hydrogen) atoms. The molecule has 0 unspecified atom stereocenters. The van der Waals surface area contributed by atoms with Gasteiger partial charge in [0.1, 0.15) is 17.6 Å². The third-order valence-corrected chi connectivity index (χ3v) is 2.75. The zero-order valence-corrected chi connectivity index (χ0v) is 9.80. The first kappa shape index (κ1) is 11.6. The molecule has 2 heterocycles. The fourth-order valence-electron chi connectivity index (χ4n) is 2.05. The number of aromatic nitrogens is 2. The molecule has 0 aliphatic carbocycles. The number of carbonyl (C=O) groups is 1. The predicted molar refractivity (Wildman–Crippen MR) is 62.2 cm³/mol. The van der Waals surface area contributed by atoms with Crippen LogP contribution in [0.1, 0.15) is 32.1 Å². The van der Waals surface area contributed by atoms with Crippen LogP contribution in [0.15, 0.2) is 11.0 Å². The molecule has 0 amide bonds. The SMILES string of the molecule is CC(C)Nc1cnc2n(c1=O)[C@H](C(=O)O)CC2. The molecule has 0 bridgehead atoms. The van der Waals surface area contributed by atoms with Gasteiger partial charge in [-0.1, -0.05) is 0 Å². The lowest BCUT2D eigenvalue weighted by Crippen LogP contribution is -2.31. The summed E-state index contributed by atoms with van der Waals surface area (Å²) in [5.74, 6) is -0.425. The first-order valence-corrected chi connectivity index (χ1v) is 5.60. The molecule has 2 rings (SSSR count). The Bertz CT molecular complexity index is 507. The van der Waals surface area contributed by atoms with Gasteiger partial charge in [-0.2, -0.15) is 0 Å². The molecule has 1 aromatic rings. The monoisotopic (exact) mass is 237 g/mol. The number of anilines is 1. The largest absolute Gasteiger partial charge is 0.480 e. The Balaban J connectivity index is 2.47. The second kappa shape index (κ2) is 4.20. The van der Waals surface area contributed by atoms with Gasteiger partial charge in [-0.25, -0.2) is 9.78 Å². The maximum atomic E-state index is 12.1. The lowest BCUT2D eigenvalue weighted by atomic mass is 10.2. The Morgan fingerprint density at radius 3 is 2.94 bits per heavy atom. The summed E-state index contributed by atoms with van der Waals surface area (Å²) in [6.07, 6.45) is 2.45. The van der Waals surface area contributed by atoms with Crippen molar-refractivity contribution in [2.24, 2.45) is 0 Å². The standard InChI is InChI=1S/C11H15N3O3/c1-6(2)13-7-5-12-9-4-3-8(11(16)17)14(9)10(7)15/h5-6,8,13H,3-4H2,1-2H3,(H,16,17)/t8-/m0/s1. The van der Waals surface area contributed by atoms with Crippen molar-refractivity contribution < 1.29 is 9.90 Å². The minimum absolute atomic E-state index is 0.104. The molecule has 1 aromatic heterocycles. The first-order valence-electron chi connectivity index (χ1n) is 5.60. The number of carboxylic acids is 1. The van der Waals surface area contributed by atoms with Gasteiger partial charge in [0.05, 0.1) is 6.20 Å². The molecule has 1 atom stereocenters. The van der Waals surface area contributed by atoms with Crippen molar-refractivity contribution in [1.29, 1.82) is 0 Å². The molecule has 2 N–H and O–H groups in total. The van der Waals surface area contributed by atoms with E-state index in [1.54, 1.807) is 0 Å². The van der Waals surface area contributed by atoms with Crippen molar-refractivity contribution in [1.82, 2.24) is 9.55 Å². The third kappa shape index (κ3) is 2.02. The Morgan fingerprint density at radius 1 is 1.65 bits per heavy atom. The van der Waals surface area contributed by atoms with E-state index in [2.05, 4.69) is 10.3 Å². The second-order valence-electron chi connectivity index (χ2n) is 4.46. The number of aliphatic carboxylic acids is 1. The van der Waals surface area contributed by atoms with E-state index < -0.39 is 12.0 Å². The van der Waals surface area contributed by atoms with Crippen molar-refractivity contribution in [3.05, 3.63) is 22.4 Å². The molecule has 0 aromatic carbocycles. The van der Waals surface area contributed by atoms with E-state index in [9.17, 15) is 9.59 Å². The number of nitrogens with one attached hydrogen (secondary N) is 1. The normalized spacial score (nSPS) is 18.2. The molecule has 6 heteroatoms. The van der Waals surface area contributed by atoms with Crippen LogP contribution in [-0.2, 0) is 11.2 Å². The number of carboxylic acid groups (broad SMARTS) is 1. The smallest absolute Gasteiger partial charge is 0.326 e. The summed E-state index contributed by atoms with van der Waals surface area (Å²) in [7, 11) is 0. The average Bonchev–Trinajstić information content (AvgIpc) is 2.66. The van der Waals surface area contributed by atoms with Crippen molar-refractivity contribution in [2.45, 2.75) is 38.8 Å². The van der Waals surface area contributed by atoms with E-state index in [1.807, 2.05) is 13.8 Å². The summed E-state index contributed by atoms with van der Waals surface area (Å²) < 4.78 is 1.28. The Hall–Kier alpha value is -1.85. The second-order valence-corrected chi connectivity index (χ2v) is 4.46. The van der Waals surface area contributed by atoms with Gasteiger partial charge in [-0.3, -0.25) is 9.36 Å². The van der Waals surface area contributed by atoms with Crippen molar-refractivity contribution in [2.75, 3.05) is 5.32 Å². The zero-order valence-electron chi connectivity index (χ0n) is 9.80. The van der Waals surface area contributed by atoms with Crippen molar-refractivity contribution >= 4 is 11.7 Å². The fraction of sp³-hybridized carbons (Fsp3) is 0.545.